The molecular formula is C13H13NO. The van der Waals surface area contributed by atoms with Crippen LogP contribution in [0.4, 0.5) is 0 Å². The molecule has 0 fully saturated rings. The highest BCUT2D eigenvalue weighted by Gasteiger charge is 2.02. The lowest BCUT2D eigenvalue weighted by atomic mass is 10.2. The van der Waals surface area contributed by atoms with E-state index in [0.29, 0.717) is 5.76 Å². The summed E-state index contributed by atoms with van der Waals surface area (Å²) < 4.78 is 5.62. The summed E-state index contributed by atoms with van der Waals surface area (Å²) in [5, 5.41) is 1.09. The smallest absolute Gasteiger partial charge is 0.178 e. The maximum absolute atomic E-state index is 5.62. The molecular weight excluding hydrogens is 186 g/mol. The topological polar surface area (TPSA) is 39.2 Å². The highest BCUT2D eigenvalue weighted by atomic mass is 16.3. The number of hydrogen-bond donors (Lipinski definition) is 1. The molecule has 1 heterocycles. The summed E-state index contributed by atoms with van der Waals surface area (Å²) in [6, 6.07) is 7.87. The maximum Gasteiger partial charge on any atom is 0.178 e. The largest absolute Gasteiger partial charge is 0.447 e. The number of rotatable bonds is 0. The third-order valence-electron chi connectivity index (χ3n) is 2.16. The molecule has 0 aliphatic heterocycles. The van der Waals surface area contributed by atoms with Gasteiger partial charge in [0.2, 0.25) is 0 Å². The number of nitrogens with two attached hydrogens (primary N) is 1. The van der Waals surface area contributed by atoms with Crippen molar-refractivity contribution in [3.63, 3.8) is 0 Å². The summed E-state index contributed by atoms with van der Waals surface area (Å²) in [6.45, 7) is 3.87. The molecule has 0 bridgehead atoms. The molecule has 76 valence electrons. The molecule has 1 aromatic heterocycles. The number of aryl methyl sites for hydroxylation is 1. The van der Waals surface area contributed by atoms with E-state index in [1.807, 2.05) is 38.1 Å². The Labute approximate surface area is 89.1 Å². The van der Waals surface area contributed by atoms with Crippen molar-refractivity contribution < 1.29 is 4.42 Å². The SMILES string of the molecule is Cc1cccc2cc(C#CC(C)N)oc12. The maximum atomic E-state index is 5.62. The molecule has 0 saturated carbocycles. The van der Waals surface area contributed by atoms with Crippen molar-refractivity contribution in [3.8, 4) is 11.8 Å². The molecule has 2 N–H and O–H groups in total. The number of benzene rings is 1. The van der Waals surface area contributed by atoms with Crippen molar-refractivity contribution in [2.45, 2.75) is 19.9 Å². The van der Waals surface area contributed by atoms with Gasteiger partial charge in [-0.15, -0.1) is 0 Å². The first-order valence-corrected chi connectivity index (χ1v) is 4.93. The van der Waals surface area contributed by atoms with Gasteiger partial charge in [0.1, 0.15) is 5.58 Å². The Morgan fingerprint density at radius 3 is 2.87 bits per heavy atom. The predicted octanol–water partition coefficient (Wildman–Crippen LogP) is 2.44. The van der Waals surface area contributed by atoms with E-state index in [-0.39, 0.29) is 6.04 Å². The summed E-state index contributed by atoms with van der Waals surface area (Å²) in [5.74, 6) is 6.47. The van der Waals surface area contributed by atoms with Gasteiger partial charge in [0.15, 0.2) is 5.76 Å². The molecule has 0 radical (unpaired) electrons. The summed E-state index contributed by atoms with van der Waals surface area (Å²) in [5.41, 5.74) is 7.58. The zero-order valence-electron chi connectivity index (χ0n) is 8.87. The van der Waals surface area contributed by atoms with E-state index in [2.05, 4.69) is 11.8 Å². The van der Waals surface area contributed by atoms with E-state index >= 15 is 0 Å². The molecule has 0 aliphatic carbocycles. The van der Waals surface area contributed by atoms with Crippen LogP contribution in [0.3, 0.4) is 0 Å². The summed E-state index contributed by atoms with van der Waals surface area (Å²) >= 11 is 0. The monoisotopic (exact) mass is 199 g/mol. The quantitative estimate of drug-likeness (QED) is 0.662. The van der Waals surface area contributed by atoms with Gasteiger partial charge in [0, 0.05) is 11.5 Å². The van der Waals surface area contributed by atoms with Gasteiger partial charge in [0.25, 0.3) is 0 Å². The van der Waals surface area contributed by atoms with Crippen LogP contribution in [0.5, 0.6) is 0 Å². The van der Waals surface area contributed by atoms with E-state index in [4.69, 9.17) is 10.2 Å². The third kappa shape index (κ3) is 2.03. The predicted molar refractivity (Wildman–Crippen MR) is 61.5 cm³/mol. The van der Waals surface area contributed by atoms with Gasteiger partial charge in [-0.25, -0.2) is 0 Å². The Hall–Kier alpha value is -1.72. The fourth-order valence-electron chi connectivity index (χ4n) is 1.46. The first-order chi connectivity index (χ1) is 7.16. The molecule has 2 rings (SSSR count). The van der Waals surface area contributed by atoms with Crippen molar-refractivity contribution in [1.82, 2.24) is 0 Å². The van der Waals surface area contributed by atoms with Gasteiger partial charge in [0.05, 0.1) is 6.04 Å². The average Bonchev–Trinajstić information content (AvgIpc) is 2.59. The first kappa shape index (κ1) is 9.82. The molecule has 2 heteroatoms. The number of para-hydroxylation sites is 1. The van der Waals surface area contributed by atoms with Crippen molar-refractivity contribution >= 4 is 11.0 Å². The first-order valence-electron chi connectivity index (χ1n) is 4.93. The molecule has 1 atom stereocenters. The standard InChI is InChI=1S/C13H13NO/c1-9-4-3-5-11-8-12(15-13(9)11)7-6-10(2)14/h3-5,8,10H,14H2,1-2H3. The van der Waals surface area contributed by atoms with Crippen molar-refractivity contribution in [2.75, 3.05) is 0 Å². The second-order valence-electron chi connectivity index (χ2n) is 3.66. The lowest BCUT2D eigenvalue weighted by Crippen LogP contribution is -2.10. The van der Waals surface area contributed by atoms with Gasteiger partial charge >= 0.3 is 0 Å². The molecule has 15 heavy (non-hydrogen) atoms. The minimum atomic E-state index is -0.126. The molecule has 0 aliphatic rings. The fourth-order valence-corrected chi connectivity index (χ4v) is 1.46. The Morgan fingerprint density at radius 2 is 2.20 bits per heavy atom. The van der Waals surface area contributed by atoms with Crippen molar-refractivity contribution in [1.29, 1.82) is 0 Å². The minimum Gasteiger partial charge on any atom is -0.447 e. The van der Waals surface area contributed by atoms with Gasteiger partial charge in [-0.2, -0.15) is 0 Å². The lowest BCUT2D eigenvalue weighted by Gasteiger charge is -1.91. The van der Waals surface area contributed by atoms with Crippen LogP contribution in [0.1, 0.15) is 18.2 Å². The van der Waals surface area contributed by atoms with Crippen molar-refractivity contribution in [3.05, 3.63) is 35.6 Å². The van der Waals surface area contributed by atoms with Crippen LogP contribution in [-0.2, 0) is 0 Å². The van der Waals surface area contributed by atoms with Crippen LogP contribution in [0.15, 0.2) is 28.7 Å². The zero-order chi connectivity index (χ0) is 10.8. The Balaban J connectivity index is 2.49. The van der Waals surface area contributed by atoms with Crippen LogP contribution in [0.25, 0.3) is 11.0 Å². The van der Waals surface area contributed by atoms with E-state index < -0.39 is 0 Å². The van der Waals surface area contributed by atoms with Gasteiger partial charge < -0.3 is 10.2 Å². The average molecular weight is 199 g/mol. The number of hydrogen-bond acceptors (Lipinski definition) is 2. The van der Waals surface area contributed by atoms with Crippen LogP contribution >= 0.6 is 0 Å². The van der Waals surface area contributed by atoms with Crippen LogP contribution in [0.2, 0.25) is 0 Å². The second kappa shape index (κ2) is 3.80. The Kier molecular flexibility index (Phi) is 2.49. The van der Waals surface area contributed by atoms with Crippen LogP contribution in [0, 0.1) is 18.8 Å². The molecule has 1 unspecified atom stereocenters. The molecule has 2 nitrogen and oxygen atoms in total. The summed E-state index contributed by atoms with van der Waals surface area (Å²) in [7, 11) is 0. The second-order valence-corrected chi connectivity index (χ2v) is 3.66. The molecule has 2 aromatic rings. The van der Waals surface area contributed by atoms with Gasteiger partial charge in [-0.05, 0) is 25.3 Å². The molecule has 1 aromatic carbocycles. The highest BCUT2D eigenvalue weighted by molar-refractivity contribution is 5.81. The Morgan fingerprint density at radius 1 is 1.40 bits per heavy atom. The van der Waals surface area contributed by atoms with Gasteiger partial charge in [-0.1, -0.05) is 24.1 Å². The van der Waals surface area contributed by atoms with E-state index in [0.717, 1.165) is 16.5 Å². The van der Waals surface area contributed by atoms with E-state index in [1.54, 1.807) is 0 Å². The van der Waals surface area contributed by atoms with Gasteiger partial charge in [-0.3, -0.25) is 0 Å². The summed E-state index contributed by atoms with van der Waals surface area (Å²) in [6.07, 6.45) is 0. The molecule has 0 spiro atoms. The minimum absolute atomic E-state index is 0.126. The molecule has 0 amide bonds. The zero-order valence-corrected chi connectivity index (χ0v) is 8.87. The number of fused-ring (bicyclic) bond motifs is 1. The lowest BCUT2D eigenvalue weighted by molar-refractivity contribution is 0.598. The fraction of sp³-hybridized carbons (Fsp3) is 0.231. The normalized spacial score (nSPS) is 12.2. The van der Waals surface area contributed by atoms with Crippen LogP contribution < -0.4 is 5.73 Å². The third-order valence-corrected chi connectivity index (χ3v) is 2.16. The summed E-state index contributed by atoms with van der Waals surface area (Å²) in [4.78, 5) is 0. The van der Waals surface area contributed by atoms with E-state index in [9.17, 15) is 0 Å². The van der Waals surface area contributed by atoms with Crippen molar-refractivity contribution in [2.24, 2.45) is 5.73 Å². The molecule has 0 saturated heterocycles. The Bertz CT molecular complexity index is 540. The highest BCUT2D eigenvalue weighted by Crippen LogP contribution is 2.21. The van der Waals surface area contributed by atoms with E-state index in [1.165, 1.54) is 0 Å². The number of furan rings is 1. The van der Waals surface area contributed by atoms with Crippen LogP contribution in [-0.4, -0.2) is 6.04 Å².